The number of hydrogen-bond donors (Lipinski definition) is 1. The van der Waals surface area contributed by atoms with Crippen LogP contribution >= 0.6 is 0 Å². The van der Waals surface area contributed by atoms with Crippen LogP contribution in [0.1, 0.15) is 52.1 Å². The summed E-state index contributed by atoms with van der Waals surface area (Å²) in [5, 5.41) is 12.2. The lowest BCUT2D eigenvalue weighted by Gasteiger charge is -2.35. The molecule has 1 N–H and O–H groups in total. The molecule has 2 unspecified atom stereocenters. The third-order valence-corrected chi connectivity index (χ3v) is 4.62. The van der Waals surface area contributed by atoms with Crippen molar-refractivity contribution in [3.05, 3.63) is 11.9 Å². The van der Waals surface area contributed by atoms with E-state index >= 15 is 0 Å². The quantitative estimate of drug-likeness (QED) is 0.914. The fourth-order valence-corrected chi connectivity index (χ4v) is 3.37. The van der Waals surface area contributed by atoms with Crippen molar-refractivity contribution in [3.8, 4) is 0 Å². The van der Waals surface area contributed by atoms with E-state index in [4.69, 9.17) is 0 Å². The van der Waals surface area contributed by atoms with Gasteiger partial charge in [-0.25, -0.2) is 4.68 Å². The topological polar surface area (TPSA) is 46.0 Å². The lowest BCUT2D eigenvalue weighted by Crippen LogP contribution is -2.45. The van der Waals surface area contributed by atoms with Crippen LogP contribution in [-0.4, -0.2) is 45.1 Å². The Labute approximate surface area is 121 Å². The molecule has 0 amide bonds. The molecule has 3 heterocycles. The highest BCUT2D eigenvalue weighted by Gasteiger charge is 2.31. The summed E-state index contributed by atoms with van der Waals surface area (Å²) in [5.74, 6) is 0. The van der Waals surface area contributed by atoms with E-state index in [0.29, 0.717) is 6.04 Å². The van der Waals surface area contributed by atoms with E-state index < -0.39 is 0 Å². The molecule has 2 atom stereocenters. The summed E-state index contributed by atoms with van der Waals surface area (Å²) in [6, 6.07) is 1.47. The highest BCUT2D eigenvalue weighted by Crippen LogP contribution is 2.26. The first-order valence-corrected chi connectivity index (χ1v) is 7.91. The van der Waals surface area contributed by atoms with Gasteiger partial charge in [0.15, 0.2) is 0 Å². The Hall–Kier alpha value is -0.940. The van der Waals surface area contributed by atoms with Gasteiger partial charge >= 0.3 is 0 Å². The van der Waals surface area contributed by atoms with Crippen molar-refractivity contribution in [3.63, 3.8) is 0 Å². The maximum atomic E-state index is 4.27. The van der Waals surface area contributed by atoms with Crippen molar-refractivity contribution < 1.29 is 0 Å². The van der Waals surface area contributed by atoms with E-state index in [9.17, 15) is 0 Å². The molecule has 0 saturated carbocycles. The number of nitrogens with zero attached hydrogens (tertiary/aromatic N) is 4. The van der Waals surface area contributed by atoms with Crippen molar-refractivity contribution in [2.45, 2.75) is 70.6 Å². The Kier molecular flexibility index (Phi) is 3.82. The average Bonchev–Trinajstić information content (AvgIpc) is 3.04. The lowest BCUT2D eigenvalue weighted by molar-refractivity contribution is 0.166. The standard InChI is InChI=1S/C15H27N5/c1-15(2,3)20-11-13(17-18-20)10-16-12-6-8-19-7-4-5-14(19)9-12/h11-12,14,16H,4-10H2,1-3H3. The van der Waals surface area contributed by atoms with Crippen LogP contribution in [0.2, 0.25) is 0 Å². The van der Waals surface area contributed by atoms with E-state index in [-0.39, 0.29) is 5.54 Å². The van der Waals surface area contributed by atoms with Crippen LogP contribution in [-0.2, 0) is 12.1 Å². The minimum absolute atomic E-state index is 0.0143. The summed E-state index contributed by atoms with van der Waals surface area (Å²) >= 11 is 0. The number of nitrogens with one attached hydrogen (secondary N) is 1. The molecule has 0 spiro atoms. The number of piperidine rings is 1. The summed E-state index contributed by atoms with van der Waals surface area (Å²) in [7, 11) is 0. The predicted octanol–water partition coefficient (Wildman–Crippen LogP) is 1.75. The summed E-state index contributed by atoms with van der Waals surface area (Å²) in [4.78, 5) is 2.66. The maximum absolute atomic E-state index is 4.27. The van der Waals surface area contributed by atoms with Gasteiger partial charge < -0.3 is 10.2 Å². The minimum atomic E-state index is 0.0143. The molecular formula is C15H27N5. The van der Waals surface area contributed by atoms with Crippen LogP contribution in [0.4, 0.5) is 0 Å². The number of aromatic nitrogens is 3. The molecule has 0 aliphatic carbocycles. The molecule has 5 heteroatoms. The SMILES string of the molecule is CC(C)(C)n1cc(CNC2CCN3CCCC3C2)nn1. The van der Waals surface area contributed by atoms with E-state index in [0.717, 1.165) is 18.3 Å². The third kappa shape index (κ3) is 3.04. The molecule has 2 aliphatic heterocycles. The van der Waals surface area contributed by atoms with Gasteiger partial charge in [0.2, 0.25) is 0 Å². The molecule has 2 aliphatic rings. The average molecular weight is 277 g/mol. The molecule has 0 aromatic carbocycles. The van der Waals surface area contributed by atoms with Gasteiger partial charge in [0, 0.05) is 18.6 Å². The van der Waals surface area contributed by atoms with Gasteiger partial charge in [-0.15, -0.1) is 5.10 Å². The first kappa shape index (κ1) is 14.0. The van der Waals surface area contributed by atoms with Gasteiger partial charge in [0.05, 0.1) is 17.4 Å². The van der Waals surface area contributed by atoms with E-state index in [2.05, 4.69) is 47.5 Å². The first-order chi connectivity index (χ1) is 9.52. The first-order valence-electron chi connectivity index (χ1n) is 7.91. The zero-order valence-corrected chi connectivity index (χ0v) is 13.0. The molecule has 1 aromatic rings. The summed E-state index contributed by atoms with van der Waals surface area (Å²) in [6.07, 6.45) is 7.41. The Morgan fingerprint density at radius 3 is 2.90 bits per heavy atom. The van der Waals surface area contributed by atoms with E-state index in [1.807, 2.05) is 4.68 Å². The summed E-state index contributed by atoms with van der Waals surface area (Å²) in [6.45, 7) is 9.86. The molecule has 20 heavy (non-hydrogen) atoms. The van der Waals surface area contributed by atoms with Crippen molar-refractivity contribution in [2.24, 2.45) is 0 Å². The van der Waals surface area contributed by atoms with Crippen LogP contribution in [0.5, 0.6) is 0 Å². The van der Waals surface area contributed by atoms with E-state index in [1.165, 1.54) is 38.8 Å². The summed E-state index contributed by atoms with van der Waals surface area (Å²) in [5.41, 5.74) is 1.06. The van der Waals surface area contributed by atoms with Gasteiger partial charge in [-0.3, -0.25) is 0 Å². The highest BCUT2D eigenvalue weighted by atomic mass is 15.4. The van der Waals surface area contributed by atoms with Crippen LogP contribution in [0, 0.1) is 0 Å². The molecule has 0 bridgehead atoms. The van der Waals surface area contributed by atoms with Gasteiger partial charge in [0.1, 0.15) is 0 Å². The van der Waals surface area contributed by atoms with Crippen LogP contribution < -0.4 is 5.32 Å². The Bertz CT molecular complexity index is 447. The Balaban J connectivity index is 1.51. The van der Waals surface area contributed by atoms with Crippen molar-refractivity contribution in [1.82, 2.24) is 25.2 Å². The van der Waals surface area contributed by atoms with Crippen molar-refractivity contribution in [2.75, 3.05) is 13.1 Å². The molecule has 2 saturated heterocycles. The van der Waals surface area contributed by atoms with Gasteiger partial charge in [-0.1, -0.05) is 5.21 Å². The number of rotatable bonds is 3. The zero-order chi connectivity index (χ0) is 14.2. The smallest absolute Gasteiger partial charge is 0.0965 e. The second kappa shape index (κ2) is 5.45. The zero-order valence-electron chi connectivity index (χ0n) is 13.0. The monoisotopic (exact) mass is 277 g/mol. The fraction of sp³-hybridized carbons (Fsp3) is 0.867. The highest BCUT2D eigenvalue weighted by molar-refractivity contribution is 4.96. The van der Waals surface area contributed by atoms with Crippen molar-refractivity contribution in [1.29, 1.82) is 0 Å². The molecule has 112 valence electrons. The Morgan fingerprint density at radius 2 is 2.15 bits per heavy atom. The lowest BCUT2D eigenvalue weighted by atomic mass is 9.97. The van der Waals surface area contributed by atoms with Gasteiger partial charge in [-0.05, 0) is 59.5 Å². The molecule has 5 nitrogen and oxygen atoms in total. The maximum Gasteiger partial charge on any atom is 0.0965 e. The largest absolute Gasteiger partial charge is 0.308 e. The van der Waals surface area contributed by atoms with Crippen LogP contribution in [0.15, 0.2) is 6.20 Å². The molecular weight excluding hydrogens is 250 g/mol. The Morgan fingerprint density at radius 1 is 1.30 bits per heavy atom. The third-order valence-electron chi connectivity index (χ3n) is 4.62. The van der Waals surface area contributed by atoms with Gasteiger partial charge in [-0.2, -0.15) is 0 Å². The molecule has 1 aromatic heterocycles. The van der Waals surface area contributed by atoms with Crippen LogP contribution in [0.3, 0.4) is 0 Å². The molecule has 0 radical (unpaired) electrons. The predicted molar refractivity (Wildman–Crippen MR) is 79.5 cm³/mol. The molecule has 3 rings (SSSR count). The molecule has 2 fully saturated rings. The minimum Gasteiger partial charge on any atom is -0.308 e. The van der Waals surface area contributed by atoms with E-state index in [1.54, 1.807) is 0 Å². The fourth-order valence-electron chi connectivity index (χ4n) is 3.37. The van der Waals surface area contributed by atoms with Gasteiger partial charge in [0.25, 0.3) is 0 Å². The second-order valence-electron chi connectivity index (χ2n) is 7.26. The van der Waals surface area contributed by atoms with Crippen molar-refractivity contribution >= 4 is 0 Å². The normalized spacial score (nSPS) is 27.8. The number of hydrogen-bond acceptors (Lipinski definition) is 4. The summed E-state index contributed by atoms with van der Waals surface area (Å²) < 4.78 is 1.95. The second-order valence-corrected chi connectivity index (χ2v) is 7.26. The number of fused-ring (bicyclic) bond motifs is 1. The van der Waals surface area contributed by atoms with Crippen LogP contribution in [0.25, 0.3) is 0 Å².